The first-order valence-corrected chi connectivity index (χ1v) is 9.75. The SMILES string of the molecule is CCOC(=O)c1ccccc1Oc1ccc(C(F)(F)F)cc1N=Cc1cccc(Cl)c1O. The molecule has 0 radical (unpaired) electrons. The predicted molar refractivity (Wildman–Crippen MR) is 114 cm³/mol. The highest BCUT2D eigenvalue weighted by Crippen LogP contribution is 2.39. The smallest absolute Gasteiger partial charge is 0.416 e. The number of aromatic hydroxyl groups is 1. The number of rotatable bonds is 6. The van der Waals surface area contributed by atoms with Crippen molar-refractivity contribution in [3.8, 4) is 17.2 Å². The molecule has 0 unspecified atom stereocenters. The van der Waals surface area contributed by atoms with Crippen LogP contribution in [0.5, 0.6) is 17.2 Å². The Hall–Kier alpha value is -3.52. The maximum Gasteiger partial charge on any atom is 0.416 e. The second-order valence-electron chi connectivity index (χ2n) is 6.43. The molecule has 1 N–H and O–H groups in total. The summed E-state index contributed by atoms with van der Waals surface area (Å²) in [6.45, 7) is 1.79. The van der Waals surface area contributed by atoms with Gasteiger partial charge in [-0.25, -0.2) is 4.79 Å². The van der Waals surface area contributed by atoms with Gasteiger partial charge in [0.25, 0.3) is 0 Å². The van der Waals surface area contributed by atoms with E-state index in [4.69, 9.17) is 21.1 Å². The Morgan fingerprint density at radius 2 is 1.84 bits per heavy atom. The quantitative estimate of drug-likeness (QED) is 0.323. The largest absolute Gasteiger partial charge is 0.506 e. The first-order chi connectivity index (χ1) is 15.2. The van der Waals surface area contributed by atoms with Gasteiger partial charge in [0.05, 0.1) is 17.2 Å². The maximum atomic E-state index is 13.3. The number of esters is 1. The number of phenolic OH excluding ortho intramolecular Hbond substituents is 1. The molecule has 3 rings (SSSR count). The third-order valence-corrected chi connectivity index (χ3v) is 4.55. The fraction of sp³-hybridized carbons (Fsp3) is 0.130. The zero-order valence-electron chi connectivity index (χ0n) is 16.7. The van der Waals surface area contributed by atoms with Gasteiger partial charge in [0.1, 0.15) is 22.7 Å². The molecule has 0 aliphatic carbocycles. The molecule has 0 atom stereocenters. The van der Waals surface area contributed by atoms with Crippen molar-refractivity contribution in [3.63, 3.8) is 0 Å². The highest BCUT2D eigenvalue weighted by Gasteiger charge is 2.31. The van der Waals surface area contributed by atoms with Crippen LogP contribution >= 0.6 is 11.6 Å². The normalized spacial score (nSPS) is 11.5. The summed E-state index contributed by atoms with van der Waals surface area (Å²) < 4.78 is 50.5. The van der Waals surface area contributed by atoms with E-state index in [1.165, 1.54) is 30.5 Å². The molecule has 5 nitrogen and oxygen atoms in total. The summed E-state index contributed by atoms with van der Waals surface area (Å²) in [6, 6.07) is 13.4. The molecule has 0 heterocycles. The number of benzene rings is 3. The lowest BCUT2D eigenvalue weighted by molar-refractivity contribution is -0.137. The lowest BCUT2D eigenvalue weighted by atomic mass is 10.1. The summed E-state index contributed by atoms with van der Waals surface area (Å²) in [5.41, 5.74) is -0.798. The average Bonchev–Trinajstić information content (AvgIpc) is 2.75. The second-order valence-corrected chi connectivity index (χ2v) is 6.84. The van der Waals surface area contributed by atoms with E-state index >= 15 is 0 Å². The molecule has 0 saturated carbocycles. The van der Waals surface area contributed by atoms with Gasteiger partial charge in [-0.3, -0.25) is 4.99 Å². The van der Waals surface area contributed by atoms with Gasteiger partial charge >= 0.3 is 12.1 Å². The Bertz CT molecular complexity index is 1160. The lowest BCUT2D eigenvalue weighted by Crippen LogP contribution is -2.07. The summed E-state index contributed by atoms with van der Waals surface area (Å²) in [5, 5.41) is 10.1. The lowest BCUT2D eigenvalue weighted by Gasteiger charge is -2.14. The Kier molecular flexibility index (Phi) is 7.05. The van der Waals surface area contributed by atoms with Gasteiger partial charge in [-0.1, -0.05) is 29.8 Å². The molecule has 9 heteroatoms. The number of para-hydroxylation sites is 2. The molecule has 3 aromatic carbocycles. The van der Waals surface area contributed by atoms with E-state index in [0.717, 1.165) is 18.2 Å². The van der Waals surface area contributed by atoms with E-state index in [9.17, 15) is 23.1 Å². The van der Waals surface area contributed by atoms with Crippen LogP contribution in [0.15, 0.2) is 65.7 Å². The minimum absolute atomic E-state index is 0.0347. The average molecular weight is 464 g/mol. The molecule has 0 amide bonds. The van der Waals surface area contributed by atoms with E-state index in [0.29, 0.717) is 0 Å². The van der Waals surface area contributed by atoms with Crippen molar-refractivity contribution in [2.24, 2.45) is 4.99 Å². The van der Waals surface area contributed by atoms with E-state index < -0.39 is 17.7 Å². The van der Waals surface area contributed by atoms with E-state index in [2.05, 4.69) is 4.99 Å². The molecule has 0 aliphatic heterocycles. The number of carbonyl (C=O) groups is 1. The van der Waals surface area contributed by atoms with E-state index in [1.807, 2.05) is 0 Å². The molecule has 166 valence electrons. The van der Waals surface area contributed by atoms with Crippen molar-refractivity contribution in [1.29, 1.82) is 0 Å². The Labute approximate surface area is 186 Å². The first-order valence-electron chi connectivity index (χ1n) is 9.37. The Morgan fingerprint density at radius 3 is 2.56 bits per heavy atom. The molecule has 0 bridgehead atoms. The summed E-state index contributed by atoms with van der Waals surface area (Å²) in [7, 11) is 0. The molecule has 3 aromatic rings. The molecular formula is C23H17ClF3NO4. The monoisotopic (exact) mass is 463 g/mol. The molecule has 0 aliphatic rings. The molecule has 0 aromatic heterocycles. The second kappa shape index (κ2) is 9.74. The maximum absolute atomic E-state index is 13.3. The van der Waals surface area contributed by atoms with Gasteiger partial charge in [0, 0.05) is 11.8 Å². The topological polar surface area (TPSA) is 68.1 Å². The van der Waals surface area contributed by atoms with Gasteiger partial charge in [-0.2, -0.15) is 13.2 Å². The zero-order chi connectivity index (χ0) is 23.3. The van der Waals surface area contributed by atoms with Crippen LogP contribution in [-0.2, 0) is 10.9 Å². The predicted octanol–water partition coefficient (Wildman–Crippen LogP) is 6.78. The van der Waals surface area contributed by atoms with Crippen LogP contribution < -0.4 is 4.74 Å². The van der Waals surface area contributed by atoms with Crippen LogP contribution in [0.25, 0.3) is 0 Å². The number of hydrogen-bond donors (Lipinski definition) is 1. The van der Waals surface area contributed by atoms with Crippen LogP contribution in [-0.4, -0.2) is 23.9 Å². The fourth-order valence-electron chi connectivity index (χ4n) is 2.71. The van der Waals surface area contributed by atoms with E-state index in [1.54, 1.807) is 25.1 Å². The number of hydrogen-bond acceptors (Lipinski definition) is 5. The van der Waals surface area contributed by atoms with Crippen LogP contribution in [0.1, 0.15) is 28.4 Å². The fourth-order valence-corrected chi connectivity index (χ4v) is 2.89. The third kappa shape index (κ3) is 5.39. The summed E-state index contributed by atoms with van der Waals surface area (Å²) in [6.07, 6.45) is -3.44. The summed E-state index contributed by atoms with van der Waals surface area (Å²) in [4.78, 5) is 16.3. The Morgan fingerprint density at radius 1 is 1.09 bits per heavy atom. The van der Waals surface area contributed by atoms with Crippen molar-refractivity contribution < 1.29 is 32.5 Å². The molecule has 0 fully saturated rings. The van der Waals surface area contributed by atoms with Gasteiger partial charge in [0.15, 0.2) is 5.75 Å². The molecule has 0 spiro atoms. The number of aliphatic imine (C=N–C) groups is 1. The number of alkyl halides is 3. The minimum Gasteiger partial charge on any atom is -0.506 e. The number of halogens is 4. The third-order valence-electron chi connectivity index (χ3n) is 4.25. The Balaban J connectivity index is 2.04. The van der Waals surface area contributed by atoms with Gasteiger partial charge < -0.3 is 14.6 Å². The van der Waals surface area contributed by atoms with Crippen LogP contribution in [0.3, 0.4) is 0 Å². The molecular weight excluding hydrogens is 447 g/mol. The zero-order valence-corrected chi connectivity index (χ0v) is 17.4. The standard InChI is InChI=1S/C23H17ClF3NO4/c1-2-31-22(30)16-7-3-4-9-19(16)32-20-11-10-15(23(25,26)27)12-18(20)28-13-14-6-5-8-17(24)21(14)29/h3-13,29H,2H2,1H3. The van der Waals surface area contributed by atoms with Crippen LogP contribution in [0.4, 0.5) is 18.9 Å². The van der Waals surface area contributed by atoms with Gasteiger partial charge in [-0.05, 0) is 49.4 Å². The van der Waals surface area contributed by atoms with Crippen molar-refractivity contribution in [2.45, 2.75) is 13.1 Å². The number of carbonyl (C=O) groups excluding carboxylic acids is 1. The number of ether oxygens (including phenoxy) is 2. The summed E-state index contributed by atoms with van der Waals surface area (Å²) >= 11 is 5.86. The van der Waals surface area contributed by atoms with Crippen molar-refractivity contribution in [1.82, 2.24) is 0 Å². The first kappa shape index (κ1) is 23.1. The highest BCUT2D eigenvalue weighted by molar-refractivity contribution is 6.32. The highest BCUT2D eigenvalue weighted by atomic mass is 35.5. The van der Waals surface area contributed by atoms with Crippen molar-refractivity contribution in [2.75, 3.05) is 6.61 Å². The minimum atomic E-state index is -4.61. The van der Waals surface area contributed by atoms with Crippen LogP contribution in [0.2, 0.25) is 5.02 Å². The van der Waals surface area contributed by atoms with Crippen LogP contribution in [0, 0.1) is 0 Å². The van der Waals surface area contributed by atoms with Crippen molar-refractivity contribution >= 4 is 29.5 Å². The molecule has 0 saturated heterocycles. The number of phenols is 1. The molecule has 32 heavy (non-hydrogen) atoms. The van der Waals surface area contributed by atoms with Gasteiger partial charge in [0.2, 0.25) is 0 Å². The van der Waals surface area contributed by atoms with E-state index in [-0.39, 0.29) is 45.7 Å². The summed E-state index contributed by atoms with van der Waals surface area (Å²) in [5.74, 6) is -0.843. The number of nitrogens with zero attached hydrogens (tertiary/aromatic N) is 1. The van der Waals surface area contributed by atoms with Crippen molar-refractivity contribution in [3.05, 3.63) is 82.4 Å². The van der Waals surface area contributed by atoms with Gasteiger partial charge in [-0.15, -0.1) is 0 Å².